The summed E-state index contributed by atoms with van der Waals surface area (Å²) >= 11 is 0. The van der Waals surface area contributed by atoms with Crippen LogP contribution < -0.4 is 0 Å². The van der Waals surface area contributed by atoms with Gasteiger partial charge in [-0.2, -0.15) is 0 Å². The van der Waals surface area contributed by atoms with Gasteiger partial charge in [0.25, 0.3) is 0 Å². The van der Waals surface area contributed by atoms with Gasteiger partial charge in [-0.05, 0) is 18.8 Å². The highest BCUT2D eigenvalue weighted by molar-refractivity contribution is 4.61. The maximum Gasteiger partial charge on any atom is 0.0540 e. The van der Waals surface area contributed by atoms with E-state index in [1.54, 1.807) is 0 Å². The summed E-state index contributed by atoms with van der Waals surface area (Å²) in [6, 6.07) is 0. The molecule has 1 nitrogen and oxygen atoms in total. The summed E-state index contributed by atoms with van der Waals surface area (Å²) in [5.41, 5.74) is 0. The third-order valence-corrected chi connectivity index (χ3v) is 3.31. The van der Waals surface area contributed by atoms with Gasteiger partial charge in [0.05, 0.1) is 6.10 Å². The molecular formula is C14H30O. The lowest BCUT2D eigenvalue weighted by molar-refractivity contribution is 0.147. The molecule has 92 valence electrons. The van der Waals surface area contributed by atoms with Crippen molar-refractivity contribution in [3.8, 4) is 0 Å². The third-order valence-electron chi connectivity index (χ3n) is 3.31. The van der Waals surface area contributed by atoms with Crippen LogP contribution in [0.2, 0.25) is 0 Å². The Hall–Kier alpha value is -0.0400. The summed E-state index contributed by atoms with van der Waals surface area (Å²) in [6.07, 6.45) is 11.0. The molecule has 2 unspecified atom stereocenters. The molecule has 0 saturated carbocycles. The second-order valence-corrected chi connectivity index (χ2v) is 4.79. The van der Waals surface area contributed by atoms with E-state index in [0.717, 1.165) is 25.2 Å². The van der Waals surface area contributed by atoms with E-state index in [-0.39, 0.29) is 6.10 Å². The van der Waals surface area contributed by atoms with Crippen LogP contribution in [0.3, 0.4) is 0 Å². The van der Waals surface area contributed by atoms with Gasteiger partial charge in [-0.15, -0.1) is 0 Å². The van der Waals surface area contributed by atoms with E-state index >= 15 is 0 Å². The van der Waals surface area contributed by atoms with Crippen LogP contribution in [0.15, 0.2) is 0 Å². The molecule has 0 saturated heterocycles. The Morgan fingerprint density at radius 3 is 2.00 bits per heavy atom. The highest BCUT2D eigenvalue weighted by Crippen LogP contribution is 2.20. The molecule has 2 atom stereocenters. The van der Waals surface area contributed by atoms with Gasteiger partial charge >= 0.3 is 0 Å². The predicted molar refractivity (Wildman–Crippen MR) is 68.1 cm³/mol. The second-order valence-electron chi connectivity index (χ2n) is 4.79. The van der Waals surface area contributed by atoms with Crippen LogP contribution in [0.25, 0.3) is 0 Å². The number of hydrogen-bond acceptors (Lipinski definition) is 1. The SMILES string of the molecule is CCCCC(CC)CCCC(O)CCC. The van der Waals surface area contributed by atoms with Crippen molar-refractivity contribution in [1.29, 1.82) is 0 Å². The van der Waals surface area contributed by atoms with Gasteiger partial charge in [-0.3, -0.25) is 0 Å². The summed E-state index contributed by atoms with van der Waals surface area (Å²) in [4.78, 5) is 0. The molecule has 0 aromatic rings. The normalized spacial score (nSPS) is 15.2. The first-order valence-electron chi connectivity index (χ1n) is 6.92. The van der Waals surface area contributed by atoms with Gasteiger partial charge in [-0.1, -0.05) is 65.7 Å². The lowest BCUT2D eigenvalue weighted by Crippen LogP contribution is -2.07. The first kappa shape index (κ1) is 15.0. The van der Waals surface area contributed by atoms with E-state index in [1.165, 1.54) is 38.5 Å². The van der Waals surface area contributed by atoms with E-state index in [9.17, 15) is 5.11 Å². The molecular weight excluding hydrogens is 184 g/mol. The van der Waals surface area contributed by atoms with Gasteiger partial charge in [0.2, 0.25) is 0 Å². The van der Waals surface area contributed by atoms with Crippen molar-refractivity contribution in [1.82, 2.24) is 0 Å². The zero-order valence-corrected chi connectivity index (χ0v) is 11.0. The van der Waals surface area contributed by atoms with E-state index in [1.807, 2.05) is 0 Å². The van der Waals surface area contributed by atoms with Gasteiger partial charge in [0, 0.05) is 0 Å². The third kappa shape index (κ3) is 8.92. The highest BCUT2D eigenvalue weighted by Gasteiger charge is 2.07. The van der Waals surface area contributed by atoms with Crippen molar-refractivity contribution in [2.45, 2.75) is 84.7 Å². The van der Waals surface area contributed by atoms with Crippen molar-refractivity contribution in [2.24, 2.45) is 5.92 Å². The fourth-order valence-electron chi connectivity index (χ4n) is 2.17. The van der Waals surface area contributed by atoms with Crippen molar-refractivity contribution >= 4 is 0 Å². The molecule has 1 N–H and O–H groups in total. The second kappa shape index (κ2) is 10.5. The van der Waals surface area contributed by atoms with Gasteiger partial charge in [0.1, 0.15) is 0 Å². The molecule has 0 aliphatic rings. The average Bonchev–Trinajstić information content (AvgIpc) is 2.23. The number of unbranched alkanes of at least 4 members (excludes halogenated alkanes) is 1. The maximum absolute atomic E-state index is 9.61. The van der Waals surface area contributed by atoms with E-state index in [4.69, 9.17) is 0 Å². The van der Waals surface area contributed by atoms with E-state index in [0.29, 0.717) is 0 Å². The molecule has 0 heterocycles. The quantitative estimate of drug-likeness (QED) is 0.566. The first-order chi connectivity index (χ1) is 7.24. The highest BCUT2D eigenvalue weighted by atomic mass is 16.3. The molecule has 0 radical (unpaired) electrons. The largest absolute Gasteiger partial charge is 0.393 e. The van der Waals surface area contributed by atoms with E-state index in [2.05, 4.69) is 20.8 Å². The van der Waals surface area contributed by atoms with Gasteiger partial charge < -0.3 is 5.11 Å². The maximum atomic E-state index is 9.61. The molecule has 15 heavy (non-hydrogen) atoms. The minimum atomic E-state index is -0.0429. The van der Waals surface area contributed by atoms with Crippen LogP contribution in [-0.2, 0) is 0 Å². The van der Waals surface area contributed by atoms with Crippen LogP contribution in [0.5, 0.6) is 0 Å². The zero-order valence-electron chi connectivity index (χ0n) is 11.0. The van der Waals surface area contributed by atoms with Crippen molar-refractivity contribution in [3.63, 3.8) is 0 Å². The Balaban J connectivity index is 3.44. The Kier molecular flexibility index (Phi) is 10.4. The lowest BCUT2D eigenvalue weighted by Gasteiger charge is -2.15. The monoisotopic (exact) mass is 214 g/mol. The fraction of sp³-hybridized carbons (Fsp3) is 1.00. The minimum absolute atomic E-state index is 0.0429. The molecule has 1 heteroatoms. The molecule has 0 aromatic heterocycles. The Labute approximate surface area is 96.3 Å². The minimum Gasteiger partial charge on any atom is -0.393 e. The summed E-state index contributed by atoms with van der Waals surface area (Å²) in [5, 5.41) is 9.61. The number of rotatable bonds is 10. The Bertz CT molecular complexity index is 123. The average molecular weight is 214 g/mol. The molecule has 0 amide bonds. The molecule has 0 bridgehead atoms. The number of aliphatic hydroxyl groups excluding tert-OH is 1. The predicted octanol–water partition coefficient (Wildman–Crippen LogP) is 4.53. The molecule has 0 fully saturated rings. The van der Waals surface area contributed by atoms with Crippen molar-refractivity contribution < 1.29 is 5.11 Å². The van der Waals surface area contributed by atoms with Crippen molar-refractivity contribution in [3.05, 3.63) is 0 Å². The fourth-order valence-corrected chi connectivity index (χ4v) is 2.17. The molecule has 0 aliphatic carbocycles. The van der Waals surface area contributed by atoms with Crippen LogP contribution >= 0.6 is 0 Å². The number of aliphatic hydroxyl groups is 1. The smallest absolute Gasteiger partial charge is 0.0540 e. The molecule has 0 aromatic carbocycles. The Morgan fingerprint density at radius 2 is 1.47 bits per heavy atom. The summed E-state index contributed by atoms with van der Waals surface area (Å²) in [5.74, 6) is 0.902. The van der Waals surface area contributed by atoms with Crippen LogP contribution in [0, 0.1) is 5.92 Å². The summed E-state index contributed by atoms with van der Waals surface area (Å²) in [7, 11) is 0. The van der Waals surface area contributed by atoms with Crippen molar-refractivity contribution in [2.75, 3.05) is 0 Å². The summed E-state index contributed by atoms with van der Waals surface area (Å²) < 4.78 is 0. The van der Waals surface area contributed by atoms with Crippen LogP contribution in [0.1, 0.15) is 78.6 Å². The molecule has 0 spiro atoms. The zero-order chi connectivity index (χ0) is 11.5. The summed E-state index contributed by atoms with van der Waals surface area (Å²) in [6.45, 7) is 6.69. The topological polar surface area (TPSA) is 20.2 Å². The Morgan fingerprint density at radius 1 is 0.800 bits per heavy atom. The van der Waals surface area contributed by atoms with Crippen LogP contribution in [0.4, 0.5) is 0 Å². The molecule has 0 rings (SSSR count). The van der Waals surface area contributed by atoms with E-state index < -0.39 is 0 Å². The first-order valence-corrected chi connectivity index (χ1v) is 6.92. The van der Waals surface area contributed by atoms with Crippen LogP contribution in [-0.4, -0.2) is 11.2 Å². The lowest BCUT2D eigenvalue weighted by atomic mass is 9.92. The number of hydrogen-bond donors (Lipinski definition) is 1. The van der Waals surface area contributed by atoms with Gasteiger partial charge in [0.15, 0.2) is 0 Å². The van der Waals surface area contributed by atoms with Gasteiger partial charge in [-0.25, -0.2) is 0 Å². The standard InChI is InChI=1S/C14H30O/c1-4-7-10-13(6-3)11-8-12-14(15)9-5-2/h13-15H,4-12H2,1-3H3. The molecule has 0 aliphatic heterocycles.